The molecular weight excluding hydrogens is 256 g/mol. The summed E-state index contributed by atoms with van der Waals surface area (Å²) in [5, 5.41) is 13.4. The Balaban J connectivity index is 1.57. The van der Waals surface area contributed by atoms with Gasteiger partial charge in [-0.05, 0) is 12.3 Å². The molecule has 0 saturated heterocycles. The quantitative estimate of drug-likeness (QED) is 0.897. The maximum absolute atomic E-state index is 11.8. The van der Waals surface area contributed by atoms with Crippen molar-refractivity contribution in [1.29, 1.82) is 0 Å². The number of aromatic amines is 1. The normalized spacial score (nSPS) is 16.2. The molecule has 2 N–H and O–H groups in total. The fourth-order valence-electron chi connectivity index (χ4n) is 2.74. The summed E-state index contributed by atoms with van der Waals surface area (Å²) in [6.07, 6.45) is 8.97. The molecule has 3 rings (SSSR count). The van der Waals surface area contributed by atoms with Gasteiger partial charge in [-0.15, -0.1) is 0 Å². The summed E-state index contributed by atoms with van der Waals surface area (Å²) in [6.45, 7) is 0. The third kappa shape index (κ3) is 3.07. The summed E-state index contributed by atoms with van der Waals surface area (Å²) in [4.78, 5) is 11.8. The van der Waals surface area contributed by atoms with Crippen molar-refractivity contribution in [1.82, 2.24) is 15.4 Å². The van der Waals surface area contributed by atoms with Gasteiger partial charge in [-0.25, -0.2) is 0 Å². The average Bonchev–Trinajstić information content (AvgIpc) is 3.11. The Morgan fingerprint density at radius 2 is 2.25 bits per heavy atom. The Labute approximate surface area is 116 Å². The molecule has 1 saturated carbocycles. The van der Waals surface area contributed by atoms with Crippen LogP contribution in [-0.4, -0.2) is 21.3 Å². The predicted molar refractivity (Wildman–Crippen MR) is 73.3 cm³/mol. The fourth-order valence-corrected chi connectivity index (χ4v) is 2.74. The lowest BCUT2D eigenvalue weighted by Gasteiger charge is -2.20. The van der Waals surface area contributed by atoms with Gasteiger partial charge >= 0.3 is 0 Å². The van der Waals surface area contributed by atoms with Crippen molar-refractivity contribution < 1.29 is 9.32 Å². The first-order chi connectivity index (χ1) is 9.81. The van der Waals surface area contributed by atoms with Gasteiger partial charge in [-0.1, -0.05) is 37.3 Å². The number of carbonyl (C=O) groups excluding carboxylic acids is 1. The maximum Gasteiger partial charge on any atom is 0.279 e. The largest absolute Gasteiger partial charge is 0.364 e. The Morgan fingerprint density at radius 3 is 3.00 bits per heavy atom. The third-order valence-electron chi connectivity index (χ3n) is 3.78. The van der Waals surface area contributed by atoms with E-state index in [-0.39, 0.29) is 11.6 Å². The summed E-state index contributed by atoms with van der Waals surface area (Å²) < 4.78 is 4.64. The van der Waals surface area contributed by atoms with E-state index in [0.29, 0.717) is 5.82 Å². The molecule has 2 aromatic rings. The topological polar surface area (TPSA) is 83.8 Å². The molecular formula is C14H18N4O2. The molecule has 0 spiro atoms. The molecule has 2 aromatic heterocycles. The first-order valence-corrected chi connectivity index (χ1v) is 7.07. The van der Waals surface area contributed by atoms with E-state index < -0.39 is 0 Å². The van der Waals surface area contributed by atoms with Gasteiger partial charge in [0.2, 0.25) is 0 Å². The number of nitrogens with one attached hydrogen (secondary N) is 2. The molecule has 0 atom stereocenters. The van der Waals surface area contributed by atoms with E-state index in [1.165, 1.54) is 44.4 Å². The van der Waals surface area contributed by atoms with Crippen LogP contribution in [0.15, 0.2) is 22.9 Å². The monoisotopic (exact) mass is 274 g/mol. The predicted octanol–water partition coefficient (Wildman–Crippen LogP) is 2.77. The van der Waals surface area contributed by atoms with Gasteiger partial charge in [-0.2, -0.15) is 5.10 Å². The SMILES string of the molecule is O=C(Nc1cc(CC2CCCCC2)[nH]n1)c1ccon1. The van der Waals surface area contributed by atoms with Crippen molar-refractivity contribution in [3.63, 3.8) is 0 Å². The molecule has 0 aromatic carbocycles. The first-order valence-electron chi connectivity index (χ1n) is 7.07. The van der Waals surface area contributed by atoms with E-state index in [4.69, 9.17) is 0 Å². The van der Waals surface area contributed by atoms with E-state index in [0.717, 1.165) is 18.0 Å². The lowest BCUT2D eigenvalue weighted by atomic mass is 9.86. The second-order valence-electron chi connectivity index (χ2n) is 5.33. The molecule has 0 bridgehead atoms. The average molecular weight is 274 g/mol. The van der Waals surface area contributed by atoms with Crippen molar-refractivity contribution in [3.8, 4) is 0 Å². The van der Waals surface area contributed by atoms with Gasteiger partial charge in [-0.3, -0.25) is 9.89 Å². The van der Waals surface area contributed by atoms with Crippen LogP contribution >= 0.6 is 0 Å². The van der Waals surface area contributed by atoms with Gasteiger partial charge in [0.05, 0.1) is 0 Å². The summed E-state index contributed by atoms with van der Waals surface area (Å²) in [7, 11) is 0. The molecule has 1 aliphatic rings. The Morgan fingerprint density at radius 1 is 1.40 bits per heavy atom. The van der Waals surface area contributed by atoms with Crippen molar-refractivity contribution in [2.45, 2.75) is 38.5 Å². The summed E-state index contributed by atoms with van der Waals surface area (Å²) >= 11 is 0. The summed E-state index contributed by atoms with van der Waals surface area (Å²) in [6, 6.07) is 3.41. The molecule has 0 aliphatic heterocycles. The molecule has 106 valence electrons. The molecule has 2 heterocycles. The van der Waals surface area contributed by atoms with Gasteiger partial charge in [0.25, 0.3) is 5.91 Å². The molecule has 6 heteroatoms. The highest BCUT2D eigenvalue weighted by atomic mass is 16.5. The van der Waals surface area contributed by atoms with E-state index in [2.05, 4.69) is 25.2 Å². The molecule has 0 radical (unpaired) electrons. The van der Waals surface area contributed by atoms with Crippen LogP contribution in [0.4, 0.5) is 5.82 Å². The van der Waals surface area contributed by atoms with E-state index in [1.807, 2.05) is 6.07 Å². The number of anilines is 1. The highest BCUT2D eigenvalue weighted by molar-refractivity contribution is 6.02. The maximum atomic E-state index is 11.8. The number of hydrogen-bond donors (Lipinski definition) is 2. The molecule has 20 heavy (non-hydrogen) atoms. The zero-order valence-corrected chi connectivity index (χ0v) is 11.3. The number of aromatic nitrogens is 3. The standard InChI is InChI=1S/C14H18N4O2/c19-14(12-6-7-20-18-12)15-13-9-11(16-17-13)8-10-4-2-1-3-5-10/h6-7,9-10H,1-5,8H2,(H2,15,16,17,19). The van der Waals surface area contributed by atoms with Crippen LogP contribution in [0.3, 0.4) is 0 Å². The number of hydrogen-bond acceptors (Lipinski definition) is 4. The van der Waals surface area contributed by atoms with E-state index in [9.17, 15) is 4.79 Å². The summed E-state index contributed by atoms with van der Waals surface area (Å²) in [5.41, 5.74) is 1.33. The van der Waals surface area contributed by atoms with Crippen LogP contribution in [0, 0.1) is 5.92 Å². The van der Waals surface area contributed by atoms with Gasteiger partial charge in [0.1, 0.15) is 6.26 Å². The van der Waals surface area contributed by atoms with E-state index >= 15 is 0 Å². The summed E-state index contributed by atoms with van der Waals surface area (Å²) in [5.74, 6) is 0.960. The van der Waals surface area contributed by atoms with Crippen LogP contribution < -0.4 is 5.32 Å². The zero-order valence-electron chi connectivity index (χ0n) is 11.3. The highest BCUT2D eigenvalue weighted by Gasteiger charge is 2.16. The first kappa shape index (κ1) is 12.9. The second kappa shape index (κ2) is 5.90. The van der Waals surface area contributed by atoms with Crippen molar-refractivity contribution >= 4 is 11.7 Å². The van der Waals surface area contributed by atoms with Crippen LogP contribution in [0.1, 0.15) is 48.3 Å². The Hall–Kier alpha value is -2.11. The second-order valence-corrected chi connectivity index (χ2v) is 5.33. The Kier molecular flexibility index (Phi) is 3.80. The van der Waals surface area contributed by atoms with Crippen molar-refractivity contribution in [3.05, 3.63) is 29.8 Å². The van der Waals surface area contributed by atoms with E-state index in [1.54, 1.807) is 0 Å². The minimum Gasteiger partial charge on any atom is -0.364 e. The molecule has 1 fully saturated rings. The molecule has 6 nitrogen and oxygen atoms in total. The van der Waals surface area contributed by atoms with Gasteiger partial charge in [0.15, 0.2) is 11.5 Å². The van der Waals surface area contributed by atoms with Crippen molar-refractivity contribution in [2.24, 2.45) is 5.92 Å². The minimum absolute atomic E-state index is 0.252. The van der Waals surface area contributed by atoms with Crippen LogP contribution in [0.25, 0.3) is 0 Å². The zero-order chi connectivity index (χ0) is 13.8. The number of nitrogens with zero attached hydrogens (tertiary/aromatic N) is 2. The number of H-pyrrole nitrogens is 1. The number of rotatable bonds is 4. The highest BCUT2D eigenvalue weighted by Crippen LogP contribution is 2.26. The third-order valence-corrected chi connectivity index (χ3v) is 3.78. The van der Waals surface area contributed by atoms with Gasteiger partial charge < -0.3 is 9.84 Å². The van der Waals surface area contributed by atoms with Gasteiger partial charge in [0, 0.05) is 17.8 Å². The molecule has 1 aliphatic carbocycles. The molecule has 0 unspecified atom stereocenters. The smallest absolute Gasteiger partial charge is 0.279 e. The fraction of sp³-hybridized carbons (Fsp3) is 0.500. The lowest BCUT2D eigenvalue weighted by Crippen LogP contribution is -2.12. The Bertz CT molecular complexity index is 556. The van der Waals surface area contributed by atoms with Crippen LogP contribution in [0.2, 0.25) is 0 Å². The number of carbonyl (C=O) groups is 1. The van der Waals surface area contributed by atoms with Crippen LogP contribution in [0.5, 0.6) is 0 Å². The minimum atomic E-state index is -0.311. The van der Waals surface area contributed by atoms with Crippen molar-refractivity contribution in [2.75, 3.05) is 5.32 Å². The number of amides is 1. The molecule has 1 amide bonds. The van der Waals surface area contributed by atoms with Crippen LogP contribution in [-0.2, 0) is 6.42 Å². The lowest BCUT2D eigenvalue weighted by molar-refractivity contribution is 0.101.